The zero-order valence-electron chi connectivity index (χ0n) is 8.63. The van der Waals surface area contributed by atoms with Crippen molar-refractivity contribution in [3.8, 4) is 0 Å². The van der Waals surface area contributed by atoms with Gasteiger partial charge in [-0.3, -0.25) is 0 Å². The van der Waals surface area contributed by atoms with E-state index in [0.717, 1.165) is 12.1 Å². The molecule has 0 bridgehead atoms. The second kappa shape index (κ2) is 5.41. The topological polar surface area (TPSA) is 61.4 Å². The number of aliphatic hydroxyl groups excluding tert-OH is 1. The van der Waals surface area contributed by atoms with E-state index < -0.39 is 23.8 Å². The van der Waals surface area contributed by atoms with Gasteiger partial charge in [0.25, 0.3) is 0 Å². The molecule has 1 aromatic carbocycles. The quantitative estimate of drug-likeness (QED) is 0.736. The number of nitrogens with one attached hydrogen (secondary N) is 2. The van der Waals surface area contributed by atoms with Crippen LogP contribution in [0.15, 0.2) is 18.2 Å². The van der Waals surface area contributed by atoms with Gasteiger partial charge in [-0.1, -0.05) is 0 Å². The lowest BCUT2D eigenvalue weighted by molar-refractivity contribution is 0.190. The van der Waals surface area contributed by atoms with Gasteiger partial charge >= 0.3 is 6.03 Å². The van der Waals surface area contributed by atoms with Crippen LogP contribution in [0.5, 0.6) is 0 Å². The Labute approximate surface area is 91.3 Å². The molecular weight excluding hydrogens is 218 g/mol. The van der Waals surface area contributed by atoms with Crippen molar-refractivity contribution in [2.45, 2.75) is 13.0 Å². The van der Waals surface area contributed by atoms with Gasteiger partial charge < -0.3 is 15.7 Å². The number of amides is 2. The van der Waals surface area contributed by atoms with Gasteiger partial charge in [-0.15, -0.1) is 0 Å². The van der Waals surface area contributed by atoms with E-state index in [1.165, 1.54) is 6.92 Å². The fraction of sp³-hybridized carbons (Fsp3) is 0.300. The number of urea groups is 1. The Morgan fingerprint density at radius 2 is 2.19 bits per heavy atom. The summed E-state index contributed by atoms with van der Waals surface area (Å²) in [6.07, 6.45) is -0.691. The Balaban J connectivity index is 2.56. The normalized spacial score (nSPS) is 12.0. The van der Waals surface area contributed by atoms with Gasteiger partial charge in [-0.2, -0.15) is 0 Å². The summed E-state index contributed by atoms with van der Waals surface area (Å²) in [5.74, 6) is -1.57. The molecule has 0 saturated carbocycles. The summed E-state index contributed by atoms with van der Waals surface area (Å²) in [7, 11) is 0. The van der Waals surface area contributed by atoms with E-state index in [2.05, 4.69) is 10.6 Å². The maximum Gasteiger partial charge on any atom is 0.319 e. The Bertz CT molecular complexity index is 383. The van der Waals surface area contributed by atoms with Gasteiger partial charge in [0.15, 0.2) is 0 Å². The minimum Gasteiger partial charge on any atom is -0.392 e. The molecule has 2 amide bonds. The number of rotatable bonds is 3. The van der Waals surface area contributed by atoms with Crippen LogP contribution in [0, 0.1) is 11.6 Å². The second-order valence-electron chi connectivity index (χ2n) is 3.31. The maximum atomic E-state index is 13.1. The standard InChI is InChI=1S/C10H12F2N2O2/c1-6(15)5-13-10(16)14-9-3-2-7(11)4-8(9)12/h2-4,6,15H,5H2,1H3,(H2,13,14,16). The van der Waals surface area contributed by atoms with Crippen molar-refractivity contribution in [1.29, 1.82) is 0 Å². The van der Waals surface area contributed by atoms with Gasteiger partial charge in [0.2, 0.25) is 0 Å². The molecule has 0 spiro atoms. The molecule has 0 aromatic heterocycles. The number of carbonyl (C=O) groups excluding carboxylic acids is 1. The van der Waals surface area contributed by atoms with Crippen molar-refractivity contribution in [3.05, 3.63) is 29.8 Å². The van der Waals surface area contributed by atoms with Crippen LogP contribution in [0.4, 0.5) is 19.3 Å². The molecule has 88 valence electrons. The van der Waals surface area contributed by atoms with Gasteiger partial charge in [0.05, 0.1) is 11.8 Å². The van der Waals surface area contributed by atoms with Crippen LogP contribution in [0.2, 0.25) is 0 Å². The molecule has 0 aliphatic heterocycles. The summed E-state index contributed by atoms with van der Waals surface area (Å²) in [4.78, 5) is 11.2. The summed E-state index contributed by atoms with van der Waals surface area (Å²) in [5, 5.41) is 13.4. The summed E-state index contributed by atoms with van der Waals surface area (Å²) in [5.41, 5.74) is -0.121. The molecule has 0 radical (unpaired) electrons. The highest BCUT2D eigenvalue weighted by Crippen LogP contribution is 2.14. The fourth-order valence-corrected chi connectivity index (χ4v) is 0.998. The number of hydrogen-bond donors (Lipinski definition) is 3. The van der Waals surface area contributed by atoms with Gasteiger partial charge in [-0.05, 0) is 19.1 Å². The predicted molar refractivity (Wildman–Crippen MR) is 55.1 cm³/mol. The largest absolute Gasteiger partial charge is 0.392 e. The molecule has 1 rings (SSSR count). The first-order chi connectivity index (χ1) is 7.49. The van der Waals surface area contributed by atoms with Crippen molar-refractivity contribution in [2.24, 2.45) is 0 Å². The average Bonchev–Trinajstić information content (AvgIpc) is 2.19. The molecular formula is C10H12F2N2O2. The molecule has 3 N–H and O–H groups in total. The Hall–Kier alpha value is -1.69. The minimum atomic E-state index is -0.854. The molecule has 0 saturated heterocycles. The minimum absolute atomic E-state index is 0.0502. The molecule has 6 heteroatoms. The predicted octanol–water partition coefficient (Wildman–Crippen LogP) is 1.47. The number of hydrogen-bond acceptors (Lipinski definition) is 2. The Morgan fingerprint density at radius 3 is 2.75 bits per heavy atom. The molecule has 0 heterocycles. The summed E-state index contributed by atoms with van der Waals surface area (Å²) in [6.45, 7) is 1.55. The van der Waals surface area contributed by atoms with Gasteiger partial charge in [0, 0.05) is 12.6 Å². The van der Waals surface area contributed by atoms with E-state index in [-0.39, 0.29) is 12.2 Å². The van der Waals surface area contributed by atoms with Crippen molar-refractivity contribution in [3.63, 3.8) is 0 Å². The maximum absolute atomic E-state index is 13.1. The monoisotopic (exact) mass is 230 g/mol. The molecule has 0 aliphatic rings. The van der Waals surface area contributed by atoms with Crippen molar-refractivity contribution in [1.82, 2.24) is 5.32 Å². The number of anilines is 1. The third-order valence-electron chi connectivity index (χ3n) is 1.74. The van der Waals surface area contributed by atoms with Gasteiger partial charge in [-0.25, -0.2) is 13.6 Å². The zero-order chi connectivity index (χ0) is 12.1. The van der Waals surface area contributed by atoms with Crippen LogP contribution in [0.3, 0.4) is 0 Å². The van der Waals surface area contributed by atoms with E-state index in [9.17, 15) is 13.6 Å². The highest BCUT2D eigenvalue weighted by Gasteiger charge is 2.07. The van der Waals surface area contributed by atoms with Crippen molar-refractivity contribution in [2.75, 3.05) is 11.9 Å². The second-order valence-corrected chi connectivity index (χ2v) is 3.31. The highest BCUT2D eigenvalue weighted by molar-refractivity contribution is 5.89. The average molecular weight is 230 g/mol. The Morgan fingerprint density at radius 1 is 1.50 bits per heavy atom. The lowest BCUT2D eigenvalue weighted by Crippen LogP contribution is -2.34. The summed E-state index contributed by atoms with van der Waals surface area (Å²) < 4.78 is 25.6. The third kappa shape index (κ3) is 3.82. The van der Waals surface area contributed by atoms with Crippen molar-refractivity contribution >= 4 is 11.7 Å². The number of carbonyl (C=O) groups is 1. The molecule has 1 unspecified atom stereocenters. The molecule has 4 nitrogen and oxygen atoms in total. The lowest BCUT2D eigenvalue weighted by atomic mass is 10.3. The lowest BCUT2D eigenvalue weighted by Gasteiger charge is -2.09. The first kappa shape index (κ1) is 12.4. The van der Waals surface area contributed by atoms with Crippen LogP contribution in [0.1, 0.15) is 6.92 Å². The van der Waals surface area contributed by atoms with Gasteiger partial charge in [0.1, 0.15) is 11.6 Å². The van der Waals surface area contributed by atoms with Crippen LogP contribution in [-0.4, -0.2) is 23.8 Å². The van der Waals surface area contributed by atoms with Crippen LogP contribution >= 0.6 is 0 Å². The highest BCUT2D eigenvalue weighted by atomic mass is 19.1. The van der Waals surface area contributed by atoms with E-state index in [1.54, 1.807) is 0 Å². The van der Waals surface area contributed by atoms with E-state index in [1.807, 2.05) is 0 Å². The van der Waals surface area contributed by atoms with Crippen LogP contribution in [-0.2, 0) is 0 Å². The van der Waals surface area contributed by atoms with E-state index >= 15 is 0 Å². The molecule has 1 aromatic rings. The summed E-state index contributed by atoms with van der Waals surface area (Å²) in [6, 6.07) is 2.16. The van der Waals surface area contributed by atoms with Crippen molar-refractivity contribution < 1.29 is 18.7 Å². The smallest absolute Gasteiger partial charge is 0.319 e. The van der Waals surface area contributed by atoms with E-state index in [4.69, 9.17) is 5.11 Å². The molecule has 0 aliphatic carbocycles. The number of aliphatic hydroxyl groups is 1. The summed E-state index contributed by atoms with van der Waals surface area (Å²) >= 11 is 0. The SMILES string of the molecule is CC(O)CNC(=O)Nc1ccc(F)cc1F. The Kier molecular flexibility index (Phi) is 4.19. The first-order valence-electron chi connectivity index (χ1n) is 4.67. The zero-order valence-corrected chi connectivity index (χ0v) is 8.63. The van der Waals surface area contributed by atoms with Crippen LogP contribution in [0.25, 0.3) is 0 Å². The third-order valence-corrected chi connectivity index (χ3v) is 1.74. The number of halogens is 2. The first-order valence-corrected chi connectivity index (χ1v) is 4.67. The molecule has 0 fully saturated rings. The fourth-order valence-electron chi connectivity index (χ4n) is 0.998. The van der Waals surface area contributed by atoms with Crippen LogP contribution < -0.4 is 10.6 Å². The van der Waals surface area contributed by atoms with E-state index in [0.29, 0.717) is 6.07 Å². The number of benzene rings is 1. The molecule has 16 heavy (non-hydrogen) atoms. The molecule has 1 atom stereocenters.